The Morgan fingerprint density at radius 3 is 2.64 bits per heavy atom. The minimum Gasteiger partial charge on any atom is -0.497 e. The van der Waals surface area contributed by atoms with Gasteiger partial charge in [-0.3, -0.25) is 14.5 Å². The molecule has 2 aliphatic heterocycles. The molecule has 0 bridgehead atoms. The monoisotopic (exact) mass is 497 g/mol. The summed E-state index contributed by atoms with van der Waals surface area (Å²) in [6, 6.07) is 10.8. The molecule has 2 aromatic rings. The number of benzene rings is 2. The standard InChI is InChI=1S/C27H32FN3O5/c1-4-36-27(33)23-11-7-8-14-30(23)17-26(32)31-24(20-13-12-18(34-2)15-25(20)35-3)16-22(29-31)19-9-5-6-10-21(19)28/h5-6,9-10,12-13,15,23-24H,4,7-8,11,14,16-17H2,1-3H3/t23-,24+/m1/s1. The fourth-order valence-electron chi connectivity index (χ4n) is 4.87. The van der Waals surface area contributed by atoms with Crippen molar-refractivity contribution in [1.29, 1.82) is 0 Å². The number of halogens is 1. The second-order valence-electron chi connectivity index (χ2n) is 8.83. The highest BCUT2D eigenvalue weighted by atomic mass is 19.1. The summed E-state index contributed by atoms with van der Waals surface area (Å²) in [4.78, 5) is 28.1. The number of nitrogens with zero attached hydrogens (tertiary/aromatic N) is 3. The first-order valence-electron chi connectivity index (χ1n) is 12.2. The van der Waals surface area contributed by atoms with Gasteiger partial charge in [0.1, 0.15) is 23.4 Å². The summed E-state index contributed by atoms with van der Waals surface area (Å²) in [5.74, 6) is 0.178. The van der Waals surface area contributed by atoms with E-state index in [0.29, 0.717) is 48.8 Å². The van der Waals surface area contributed by atoms with Gasteiger partial charge in [0.25, 0.3) is 5.91 Å². The number of hydrogen-bond acceptors (Lipinski definition) is 7. The smallest absolute Gasteiger partial charge is 0.323 e. The lowest BCUT2D eigenvalue weighted by Crippen LogP contribution is -2.49. The molecule has 9 heteroatoms. The highest BCUT2D eigenvalue weighted by Crippen LogP contribution is 2.39. The second-order valence-corrected chi connectivity index (χ2v) is 8.83. The summed E-state index contributed by atoms with van der Waals surface area (Å²) in [5.41, 5.74) is 1.57. The van der Waals surface area contributed by atoms with Crippen LogP contribution in [0.1, 0.15) is 49.8 Å². The Balaban J connectivity index is 1.66. The van der Waals surface area contributed by atoms with Crippen LogP contribution in [0.4, 0.5) is 4.39 Å². The van der Waals surface area contributed by atoms with Crippen LogP contribution in [0.25, 0.3) is 0 Å². The number of piperidine rings is 1. The second kappa shape index (κ2) is 11.5. The molecule has 0 aliphatic carbocycles. The number of methoxy groups -OCH3 is 2. The zero-order chi connectivity index (χ0) is 25.7. The summed E-state index contributed by atoms with van der Waals surface area (Å²) in [6.45, 7) is 2.68. The molecule has 1 saturated heterocycles. The van der Waals surface area contributed by atoms with Crippen LogP contribution < -0.4 is 9.47 Å². The fraction of sp³-hybridized carbons (Fsp3) is 0.444. The molecule has 192 valence electrons. The van der Waals surface area contributed by atoms with Crippen molar-refractivity contribution in [3.8, 4) is 11.5 Å². The number of amides is 1. The maximum atomic E-state index is 14.6. The van der Waals surface area contributed by atoms with Crippen molar-refractivity contribution in [1.82, 2.24) is 9.91 Å². The van der Waals surface area contributed by atoms with E-state index in [4.69, 9.17) is 14.2 Å². The van der Waals surface area contributed by atoms with E-state index in [1.807, 2.05) is 11.0 Å². The van der Waals surface area contributed by atoms with E-state index in [1.54, 1.807) is 51.5 Å². The van der Waals surface area contributed by atoms with Crippen molar-refractivity contribution in [2.75, 3.05) is 33.9 Å². The number of rotatable bonds is 8. The van der Waals surface area contributed by atoms with Gasteiger partial charge in [-0.25, -0.2) is 9.40 Å². The van der Waals surface area contributed by atoms with Gasteiger partial charge in [-0.1, -0.05) is 24.6 Å². The molecule has 1 amide bonds. The topological polar surface area (TPSA) is 80.7 Å². The predicted octanol–water partition coefficient (Wildman–Crippen LogP) is 3.94. The molecule has 36 heavy (non-hydrogen) atoms. The van der Waals surface area contributed by atoms with Gasteiger partial charge in [0.15, 0.2) is 0 Å². The van der Waals surface area contributed by atoms with Crippen LogP contribution in [0.15, 0.2) is 47.6 Å². The van der Waals surface area contributed by atoms with E-state index in [0.717, 1.165) is 18.4 Å². The molecule has 2 atom stereocenters. The van der Waals surface area contributed by atoms with Gasteiger partial charge in [-0.05, 0) is 44.5 Å². The van der Waals surface area contributed by atoms with Crippen molar-refractivity contribution in [3.05, 3.63) is 59.4 Å². The summed E-state index contributed by atoms with van der Waals surface area (Å²) in [7, 11) is 3.12. The Morgan fingerprint density at radius 2 is 1.92 bits per heavy atom. The van der Waals surface area contributed by atoms with Crippen LogP contribution in [0.5, 0.6) is 11.5 Å². The first-order chi connectivity index (χ1) is 17.5. The molecule has 0 aromatic heterocycles. The first-order valence-corrected chi connectivity index (χ1v) is 12.2. The largest absolute Gasteiger partial charge is 0.497 e. The van der Waals surface area contributed by atoms with Crippen LogP contribution in [0.3, 0.4) is 0 Å². The normalized spacial score (nSPS) is 20.1. The van der Waals surface area contributed by atoms with Gasteiger partial charge >= 0.3 is 5.97 Å². The van der Waals surface area contributed by atoms with Crippen LogP contribution in [0.2, 0.25) is 0 Å². The minimum atomic E-state index is -0.501. The number of hydrogen-bond donors (Lipinski definition) is 0. The molecule has 0 unspecified atom stereocenters. The number of esters is 1. The molecule has 0 saturated carbocycles. The zero-order valence-electron chi connectivity index (χ0n) is 20.9. The summed E-state index contributed by atoms with van der Waals surface area (Å²) in [5, 5.41) is 6.00. The van der Waals surface area contributed by atoms with Gasteiger partial charge in [0.2, 0.25) is 0 Å². The van der Waals surface area contributed by atoms with Crippen molar-refractivity contribution in [2.45, 2.75) is 44.7 Å². The van der Waals surface area contributed by atoms with Crippen LogP contribution in [-0.4, -0.2) is 67.5 Å². The summed E-state index contributed by atoms with van der Waals surface area (Å²) in [6.07, 6.45) is 2.75. The Labute approximate surface area is 210 Å². The molecular weight excluding hydrogens is 465 g/mol. The van der Waals surface area contributed by atoms with Gasteiger partial charge in [-0.2, -0.15) is 5.10 Å². The SMILES string of the molecule is CCOC(=O)[C@H]1CCCCN1CC(=O)N1N=C(c2ccccc2F)C[C@H]1c1ccc(OC)cc1OC. The average molecular weight is 498 g/mol. The summed E-state index contributed by atoms with van der Waals surface area (Å²) >= 11 is 0. The Hall–Kier alpha value is -3.46. The molecule has 8 nitrogen and oxygen atoms in total. The third-order valence-electron chi connectivity index (χ3n) is 6.66. The maximum Gasteiger partial charge on any atom is 0.323 e. The highest BCUT2D eigenvalue weighted by molar-refractivity contribution is 6.03. The number of hydrazone groups is 1. The lowest BCUT2D eigenvalue weighted by molar-refractivity contribution is -0.152. The van der Waals surface area contributed by atoms with E-state index in [-0.39, 0.29) is 18.4 Å². The number of ether oxygens (including phenoxy) is 3. The van der Waals surface area contributed by atoms with Crippen molar-refractivity contribution in [3.63, 3.8) is 0 Å². The number of carbonyl (C=O) groups excluding carboxylic acids is 2. The quantitative estimate of drug-likeness (QED) is 0.514. The molecule has 0 spiro atoms. The van der Waals surface area contributed by atoms with E-state index in [9.17, 15) is 14.0 Å². The van der Waals surface area contributed by atoms with Crippen LogP contribution in [0, 0.1) is 5.82 Å². The Bertz CT molecular complexity index is 1140. The van der Waals surface area contributed by atoms with E-state index in [2.05, 4.69) is 5.10 Å². The van der Waals surface area contributed by atoms with Crippen molar-refractivity contribution < 1.29 is 28.2 Å². The number of likely N-dealkylation sites (tertiary alicyclic amines) is 1. The molecule has 2 heterocycles. The van der Waals surface area contributed by atoms with Crippen LogP contribution in [-0.2, 0) is 14.3 Å². The van der Waals surface area contributed by atoms with E-state index < -0.39 is 17.9 Å². The third kappa shape index (κ3) is 5.36. The lowest BCUT2D eigenvalue weighted by atomic mass is 9.97. The molecule has 1 fully saturated rings. The molecule has 2 aliphatic rings. The average Bonchev–Trinajstić information content (AvgIpc) is 3.34. The predicted molar refractivity (Wildman–Crippen MR) is 133 cm³/mol. The zero-order valence-corrected chi connectivity index (χ0v) is 20.9. The molecule has 0 radical (unpaired) electrons. The maximum absolute atomic E-state index is 14.6. The van der Waals surface area contributed by atoms with E-state index in [1.165, 1.54) is 11.1 Å². The van der Waals surface area contributed by atoms with Gasteiger partial charge < -0.3 is 14.2 Å². The first kappa shape index (κ1) is 25.6. The molecule has 4 rings (SSSR count). The van der Waals surface area contributed by atoms with Crippen molar-refractivity contribution >= 4 is 17.6 Å². The van der Waals surface area contributed by atoms with Gasteiger partial charge in [0.05, 0.1) is 39.1 Å². The minimum absolute atomic E-state index is 0.00645. The number of carbonyl (C=O) groups is 2. The summed E-state index contributed by atoms with van der Waals surface area (Å²) < 4.78 is 30.8. The van der Waals surface area contributed by atoms with Gasteiger partial charge in [0, 0.05) is 23.6 Å². The van der Waals surface area contributed by atoms with Crippen molar-refractivity contribution in [2.24, 2.45) is 5.10 Å². The van der Waals surface area contributed by atoms with Crippen LogP contribution >= 0.6 is 0 Å². The van der Waals surface area contributed by atoms with E-state index >= 15 is 0 Å². The molecular formula is C27H32FN3O5. The lowest BCUT2D eigenvalue weighted by Gasteiger charge is -2.34. The van der Waals surface area contributed by atoms with Gasteiger partial charge in [-0.15, -0.1) is 0 Å². The highest BCUT2D eigenvalue weighted by Gasteiger charge is 2.38. The molecule has 0 N–H and O–H groups in total. The fourth-order valence-corrected chi connectivity index (χ4v) is 4.87. The third-order valence-corrected chi connectivity index (χ3v) is 6.66. The Morgan fingerprint density at radius 1 is 1.11 bits per heavy atom. The molecule has 2 aromatic carbocycles. The Kier molecular flexibility index (Phi) is 8.20.